The first-order chi connectivity index (χ1) is 6.65. The summed E-state index contributed by atoms with van der Waals surface area (Å²) in [4.78, 5) is 10.8. The van der Waals surface area contributed by atoms with Crippen LogP contribution in [0.2, 0.25) is 0 Å². The monoisotopic (exact) mass is 198 g/mol. The Morgan fingerprint density at radius 2 is 1.86 bits per heavy atom. The van der Waals surface area contributed by atoms with Crippen molar-refractivity contribution in [3.63, 3.8) is 0 Å². The van der Waals surface area contributed by atoms with Gasteiger partial charge in [0.25, 0.3) is 0 Å². The fraction of sp³-hybridized carbons (Fsp3) is 0.222. The fourth-order valence-corrected chi connectivity index (χ4v) is 1.40. The van der Waals surface area contributed by atoms with Gasteiger partial charge in [-0.2, -0.15) is 0 Å². The fourth-order valence-electron chi connectivity index (χ4n) is 1.40. The van der Waals surface area contributed by atoms with Crippen molar-refractivity contribution in [2.24, 2.45) is 0 Å². The smallest absolute Gasteiger partial charge is 0.235 e. The molecule has 0 spiro atoms. The Hall–Kier alpha value is -1.49. The molecule has 1 heterocycles. The number of hydrogen-bond donors (Lipinski definition) is 2. The van der Waals surface area contributed by atoms with E-state index >= 15 is 0 Å². The molecule has 1 atom stereocenters. The van der Waals surface area contributed by atoms with Crippen LogP contribution in [0.5, 0.6) is 0 Å². The Balaban J connectivity index is 2.27. The highest BCUT2D eigenvalue weighted by Crippen LogP contribution is 2.16. The summed E-state index contributed by atoms with van der Waals surface area (Å²) in [6.07, 6.45) is -0.493. The van der Waals surface area contributed by atoms with E-state index in [1.165, 1.54) is 12.1 Å². The van der Waals surface area contributed by atoms with Crippen LogP contribution in [0.1, 0.15) is 11.7 Å². The molecule has 1 aliphatic heterocycles. The largest absolute Gasteiger partial charge is 0.336 e. The SMILES string of the molecule is O=C1CNC(c2cc(F)cc(F)c2)N1. The van der Waals surface area contributed by atoms with Gasteiger partial charge in [0.1, 0.15) is 17.8 Å². The topological polar surface area (TPSA) is 41.1 Å². The van der Waals surface area contributed by atoms with E-state index in [0.717, 1.165) is 6.07 Å². The lowest BCUT2D eigenvalue weighted by Gasteiger charge is -2.10. The van der Waals surface area contributed by atoms with E-state index in [4.69, 9.17) is 0 Å². The van der Waals surface area contributed by atoms with Crippen molar-refractivity contribution in [3.05, 3.63) is 35.4 Å². The minimum atomic E-state index is -0.650. The van der Waals surface area contributed by atoms with Gasteiger partial charge < -0.3 is 5.32 Å². The Labute approximate surface area is 79.1 Å². The van der Waals surface area contributed by atoms with Crippen LogP contribution in [0.15, 0.2) is 18.2 Å². The third-order valence-corrected chi connectivity index (χ3v) is 1.99. The van der Waals surface area contributed by atoms with Crippen molar-refractivity contribution in [1.82, 2.24) is 10.6 Å². The molecule has 3 nitrogen and oxygen atoms in total. The van der Waals surface area contributed by atoms with E-state index in [9.17, 15) is 13.6 Å². The van der Waals surface area contributed by atoms with E-state index in [0.29, 0.717) is 5.56 Å². The van der Waals surface area contributed by atoms with Gasteiger partial charge in [0, 0.05) is 6.07 Å². The molecule has 0 bridgehead atoms. The standard InChI is InChI=1S/C9H8F2N2O/c10-6-1-5(2-7(11)3-6)9-12-4-8(14)13-9/h1-3,9,12H,4H2,(H,13,14). The number of rotatable bonds is 1. The lowest BCUT2D eigenvalue weighted by Crippen LogP contribution is -2.22. The summed E-state index contributed by atoms with van der Waals surface area (Å²) < 4.78 is 25.6. The van der Waals surface area contributed by atoms with E-state index in [1.54, 1.807) is 0 Å². The number of nitrogens with one attached hydrogen (secondary N) is 2. The molecule has 1 aromatic rings. The lowest BCUT2D eigenvalue weighted by molar-refractivity contribution is -0.118. The highest BCUT2D eigenvalue weighted by Gasteiger charge is 2.21. The number of carbonyl (C=O) groups is 1. The summed E-state index contributed by atoms with van der Waals surface area (Å²) >= 11 is 0. The molecule has 0 radical (unpaired) electrons. The number of hydrogen-bond acceptors (Lipinski definition) is 2. The maximum atomic E-state index is 12.8. The number of carbonyl (C=O) groups excluding carboxylic acids is 1. The highest BCUT2D eigenvalue weighted by atomic mass is 19.1. The second-order valence-electron chi connectivity index (χ2n) is 3.08. The van der Waals surface area contributed by atoms with Gasteiger partial charge in [-0.1, -0.05) is 0 Å². The van der Waals surface area contributed by atoms with Crippen LogP contribution in [-0.2, 0) is 4.79 Å². The molecule has 1 saturated heterocycles. The van der Waals surface area contributed by atoms with Crippen LogP contribution < -0.4 is 10.6 Å². The van der Waals surface area contributed by atoms with Gasteiger partial charge in [-0.3, -0.25) is 10.1 Å². The van der Waals surface area contributed by atoms with Gasteiger partial charge in [0.2, 0.25) is 5.91 Å². The average molecular weight is 198 g/mol. The Bertz CT molecular complexity index is 361. The second kappa shape index (κ2) is 3.34. The van der Waals surface area contributed by atoms with E-state index < -0.39 is 17.8 Å². The lowest BCUT2D eigenvalue weighted by atomic mass is 10.1. The molecule has 1 fully saturated rings. The number of benzene rings is 1. The molecule has 1 unspecified atom stereocenters. The van der Waals surface area contributed by atoms with Crippen molar-refractivity contribution < 1.29 is 13.6 Å². The molecule has 2 rings (SSSR count). The van der Waals surface area contributed by atoms with Crippen LogP contribution in [0.3, 0.4) is 0 Å². The number of halogens is 2. The predicted molar refractivity (Wildman–Crippen MR) is 45.2 cm³/mol. The van der Waals surface area contributed by atoms with Crippen LogP contribution in [-0.4, -0.2) is 12.5 Å². The summed E-state index contributed by atoms with van der Waals surface area (Å²) in [7, 11) is 0. The summed E-state index contributed by atoms with van der Waals surface area (Å²) in [6, 6.07) is 3.17. The first-order valence-corrected chi connectivity index (χ1v) is 4.14. The van der Waals surface area contributed by atoms with Crippen molar-refractivity contribution in [3.8, 4) is 0 Å². The van der Waals surface area contributed by atoms with Gasteiger partial charge in [-0.05, 0) is 17.7 Å². The zero-order valence-electron chi connectivity index (χ0n) is 7.18. The van der Waals surface area contributed by atoms with Crippen LogP contribution >= 0.6 is 0 Å². The molecule has 74 valence electrons. The number of amides is 1. The summed E-state index contributed by atoms with van der Waals surface area (Å²) in [6.45, 7) is 0.169. The Morgan fingerprint density at radius 1 is 1.21 bits per heavy atom. The van der Waals surface area contributed by atoms with Crippen LogP contribution in [0, 0.1) is 11.6 Å². The van der Waals surface area contributed by atoms with Gasteiger partial charge in [0.15, 0.2) is 0 Å². The molecule has 5 heteroatoms. The van der Waals surface area contributed by atoms with Crippen molar-refractivity contribution in [2.45, 2.75) is 6.17 Å². The second-order valence-corrected chi connectivity index (χ2v) is 3.08. The summed E-state index contributed by atoms with van der Waals surface area (Å²) in [5.41, 5.74) is 0.383. The first-order valence-electron chi connectivity index (χ1n) is 4.14. The third-order valence-electron chi connectivity index (χ3n) is 1.99. The van der Waals surface area contributed by atoms with E-state index in [-0.39, 0.29) is 12.5 Å². The normalized spacial score (nSPS) is 21.0. The minimum absolute atomic E-state index is 0.169. The van der Waals surface area contributed by atoms with Crippen molar-refractivity contribution >= 4 is 5.91 Å². The molecule has 1 aliphatic rings. The van der Waals surface area contributed by atoms with Crippen LogP contribution in [0.4, 0.5) is 8.78 Å². The molecule has 0 aromatic heterocycles. The maximum absolute atomic E-state index is 12.8. The maximum Gasteiger partial charge on any atom is 0.235 e. The molecule has 1 aromatic carbocycles. The van der Waals surface area contributed by atoms with Gasteiger partial charge in [0.05, 0.1) is 6.54 Å². The molecular formula is C9H8F2N2O. The highest BCUT2D eigenvalue weighted by molar-refractivity contribution is 5.80. The van der Waals surface area contributed by atoms with E-state index in [2.05, 4.69) is 10.6 Å². The first kappa shape index (κ1) is 9.08. The Kier molecular flexibility index (Phi) is 2.17. The zero-order valence-corrected chi connectivity index (χ0v) is 7.18. The van der Waals surface area contributed by atoms with E-state index in [1.807, 2.05) is 0 Å². The van der Waals surface area contributed by atoms with Gasteiger partial charge in [-0.25, -0.2) is 8.78 Å². The summed E-state index contributed by atoms with van der Waals surface area (Å²) in [5.74, 6) is -1.48. The quantitative estimate of drug-likeness (QED) is 0.696. The predicted octanol–water partition coefficient (Wildman–Crippen LogP) is 0.683. The van der Waals surface area contributed by atoms with Crippen LogP contribution in [0.25, 0.3) is 0 Å². The molecule has 14 heavy (non-hydrogen) atoms. The molecule has 2 N–H and O–H groups in total. The molecule has 0 saturated carbocycles. The minimum Gasteiger partial charge on any atom is -0.336 e. The third kappa shape index (κ3) is 1.72. The van der Waals surface area contributed by atoms with Crippen molar-refractivity contribution in [2.75, 3.05) is 6.54 Å². The Morgan fingerprint density at radius 3 is 2.36 bits per heavy atom. The molecule has 1 amide bonds. The zero-order chi connectivity index (χ0) is 10.1. The van der Waals surface area contributed by atoms with Crippen molar-refractivity contribution in [1.29, 1.82) is 0 Å². The summed E-state index contributed by atoms with van der Waals surface area (Å²) in [5, 5.41) is 5.32. The van der Waals surface area contributed by atoms with Gasteiger partial charge >= 0.3 is 0 Å². The average Bonchev–Trinajstić information content (AvgIpc) is 2.50. The molecule has 0 aliphatic carbocycles. The van der Waals surface area contributed by atoms with Gasteiger partial charge in [-0.15, -0.1) is 0 Å². The molecular weight excluding hydrogens is 190 g/mol.